The van der Waals surface area contributed by atoms with E-state index >= 15 is 0 Å². The molecule has 0 saturated carbocycles. The average Bonchev–Trinajstić information content (AvgIpc) is 2.69. The molecule has 0 unspecified atom stereocenters. The normalized spacial score (nSPS) is 11.3. The van der Waals surface area contributed by atoms with E-state index in [9.17, 15) is 0 Å². The standard InChI is InChI=1S/C18H3Br11/c19-5-3-1-2-4(7-9(20)13(24)17(28)14(25)10(7)21)6(5)8-11(22)15(26)18(29)16(27)12(8)23/h1-3H. The molecule has 0 aliphatic heterocycles. The zero-order chi connectivity index (χ0) is 21.8. The van der Waals surface area contributed by atoms with E-state index in [1.54, 1.807) is 0 Å². The summed E-state index contributed by atoms with van der Waals surface area (Å²) in [6.45, 7) is 0. The van der Waals surface area contributed by atoms with Gasteiger partial charge in [-0.15, -0.1) is 0 Å². The van der Waals surface area contributed by atoms with E-state index in [0.29, 0.717) is 0 Å². The van der Waals surface area contributed by atoms with Crippen molar-refractivity contribution in [2.24, 2.45) is 0 Å². The van der Waals surface area contributed by atoms with Crippen LogP contribution in [-0.4, -0.2) is 0 Å². The van der Waals surface area contributed by atoms with Gasteiger partial charge >= 0.3 is 0 Å². The third kappa shape index (κ3) is 4.87. The zero-order valence-electron chi connectivity index (χ0n) is 13.4. The van der Waals surface area contributed by atoms with Crippen molar-refractivity contribution in [1.29, 1.82) is 0 Å². The maximum atomic E-state index is 3.77. The van der Waals surface area contributed by atoms with Crippen molar-refractivity contribution in [3.63, 3.8) is 0 Å². The minimum atomic E-state index is 0.917. The Kier molecular flexibility index (Phi) is 9.78. The predicted molar refractivity (Wildman–Crippen MR) is 162 cm³/mol. The molecule has 3 rings (SSSR count). The number of hydrogen-bond donors (Lipinski definition) is 0. The van der Waals surface area contributed by atoms with Gasteiger partial charge in [0.1, 0.15) is 0 Å². The van der Waals surface area contributed by atoms with Crippen LogP contribution >= 0.6 is 175 Å². The van der Waals surface area contributed by atoms with E-state index in [1.165, 1.54) is 0 Å². The maximum absolute atomic E-state index is 3.77. The van der Waals surface area contributed by atoms with Crippen molar-refractivity contribution < 1.29 is 0 Å². The molecule has 0 radical (unpaired) electrons. The van der Waals surface area contributed by atoms with Crippen LogP contribution in [0.2, 0.25) is 0 Å². The predicted octanol–water partition coefficient (Wildman–Crippen LogP) is 13.4. The summed E-state index contributed by atoms with van der Waals surface area (Å²) in [6, 6.07) is 6.16. The van der Waals surface area contributed by atoms with Crippen molar-refractivity contribution in [3.05, 3.63) is 67.4 Å². The molecule has 0 N–H and O–H groups in total. The molecule has 0 nitrogen and oxygen atoms in total. The van der Waals surface area contributed by atoms with Crippen LogP contribution in [-0.2, 0) is 0 Å². The topological polar surface area (TPSA) is 0 Å². The second-order valence-corrected chi connectivity index (χ2v) is 14.3. The number of hydrogen-bond acceptors (Lipinski definition) is 0. The van der Waals surface area contributed by atoms with Crippen LogP contribution in [0.5, 0.6) is 0 Å². The van der Waals surface area contributed by atoms with Crippen LogP contribution in [0.25, 0.3) is 22.3 Å². The fraction of sp³-hybridized carbons (Fsp3) is 0. The second-order valence-electron chi connectivity index (χ2n) is 5.55. The second kappa shape index (κ2) is 10.7. The summed E-state index contributed by atoms with van der Waals surface area (Å²) in [5, 5.41) is 0. The summed E-state index contributed by atoms with van der Waals surface area (Å²) in [4.78, 5) is 0. The largest absolute Gasteiger partial charge is 0.0605 e. The van der Waals surface area contributed by atoms with Gasteiger partial charge in [-0.3, -0.25) is 0 Å². The van der Waals surface area contributed by atoms with Crippen LogP contribution in [0.4, 0.5) is 0 Å². The van der Waals surface area contributed by atoms with Gasteiger partial charge in [-0.05, 0) is 171 Å². The Balaban J connectivity index is 2.52. The highest BCUT2D eigenvalue weighted by Gasteiger charge is 2.26. The molecule has 3 aromatic rings. The molecule has 0 aliphatic carbocycles. The molecular formula is C18H3Br11. The van der Waals surface area contributed by atoms with E-state index in [4.69, 9.17) is 0 Å². The summed E-state index contributed by atoms with van der Waals surface area (Å²) in [6.07, 6.45) is 0. The summed E-state index contributed by atoms with van der Waals surface area (Å²) in [5.41, 5.74) is 4.08. The quantitative estimate of drug-likeness (QED) is 0.177. The molecule has 0 fully saturated rings. The van der Waals surface area contributed by atoms with Gasteiger partial charge in [-0.25, -0.2) is 0 Å². The monoisotopic (exact) mass is 1090 g/mol. The van der Waals surface area contributed by atoms with Gasteiger partial charge in [-0.2, -0.15) is 0 Å². The molecule has 0 bridgehead atoms. The first kappa shape index (κ1) is 26.5. The zero-order valence-corrected chi connectivity index (χ0v) is 30.8. The lowest BCUT2D eigenvalue weighted by Gasteiger charge is -2.21. The molecule has 0 spiro atoms. The molecule has 3 aromatic carbocycles. The van der Waals surface area contributed by atoms with Gasteiger partial charge in [0.05, 0.1) is 0 Å². The van der Waals surface area contributed by atoms with Crippen LogP contribution < -0.4 is 0 Å². The van der Waals surface area contributed by atoms with Gasteiger partial charge in [0.2, 0.25) is 0 Å². The van der Waals surface area contributed by atoms with Crippen LogP contribution in [0.15, 0.2) is 67.4 Å². The van der Waals surface area contributed by atoms with Crippen LogP contribution in [0.1, 0.15) is 0 Å². The Morgan fingerprint density at radius 1 is 0.345 bits per heavy atom. The fourth-order valence-corrected chi connectivity index (χ4v) is 10.1. The third-order valence-corrected chi connectivity index (χ3v) is 16.8. The Hall–Kier alpha value is 2.94. The van der Waals surface area contributed by atoms with E-state index in [-0.39, 0.29) is 0 Å². The summed E-state index contributed by atoms with van der Waals surface area (Å²) in [5.74, 6) is 0. The van der Waals surface area contributed by atoms with Crippen LogP contribution in [0, 0.1) is 0 Å². The van der Waals surface area contributed by atoms with Crippen LogP contribution in [0.3, 0.4) is 0 Å². The molecule has 11 heteroatoms. The summed E-state index contributed by atoms with van der Waals surface area (Å²) < 4.78 is 10.2. The van der Waals surface area contributed by atoms with Gasteiger partial charge < -0.3 is 0 Å². The third-order valence-electron chi connectivity index (χ3n) is 3.95. The van der Waals surface area contributed by atoms with E-state index in [0.717, 1.165) is 71.5 Å². The van der Waals surface area contributed by atoms with Crippen molar-refractivity contribution in [1.82, 2.24) is 0 Å². The Labute approximate surface area is 260 Å². The van der Waals surface area contributed by atoms with E-state index < -0.39 is 0 Å². The first-order chi connectivity index (χ1) is 13.5. The molecule has 29 heavy (non-hydrogen) atoms. The lowest BCUT2D eigenvalue weighted by molar-refractivity contribution is 1.41. The smallest absolute Gasteiger partial charge is 0.0482 e. The van der Waals surface area contributed by atoms with E-state index in [1.807, 2.05) is 12.1 Å². The van der Waals surface area contributed by atoms with Crippen molar-refractivity contribution in [2.45, 2.75) is 0 Å². The number of rotatable bonds is 2. The van der Waals surface area contributed by atoms with Crippen molar-refractivity contribution in [3.8, 4) is 22.3 Å². The SMILES string of the molecule is Brc1cccc(-c2c(Br)c(Br)c(Br)c(Br)c2Br)c1-c1c(Br)c(Br)c(Br)c(Br)c1Br. The van der Waals surface area contributed by atoms with Gasteiger partial charge in [-0.1, -0.05) is 28.1 Å². The van der Waals surface area contributed by atoms with Crippen molar-refractivity contribution >= 4 is 175 Å². The maximum Gasteiger partial charge on any atom is 0.0482 e. The molecule has 0 atom stereocenters. The van der Waals surface area contributed by atoms with E-state index in [2.05, 4.69) is 181 Å². The Morgan fingerprint density at radius 2 is 0.690 bits per heavy atom. The lowest BCUT2D eigenvalue weighted by atomic mass is 9.94. The first-order valence-electron chi connectivity index (χ1n) is 7.32. The Bertz CT molecular complexity index is 1110. The average molecular weight is 1100 g/mol. The molecule has 0 amide bonds. The first-order valence-corrected chi connectivity index (χ1v) is 16.0. The highest BCUT2D eigenvalue weighted by Crippen LogP contribution is 2.55. The van der Waals surface area contributed by atoms with Gasteiger partial charge in [0.25, 0.3) is 0 Å². The fourth-order valence-electron chi connectivity index (χ4n) is 2.65. The number of benzene rings is 3. The molecule has 0 heterocycles. The molecule has 0 saturated heterocycles. The lowest BCUT2D eigenvalue weighted by Crippen LogP contribution is -1.95. The molecular weight excluding hydrogens is 1100 g/mol. The number of halogens is 11. The van der Waals surface area contributed by atoms with Crippen molar-refractivity contribution in [2.75, 3.05) is 0 Å². The van der Waals surface area contributed by atoms with Gasteiger partial charge in [0.15, 0.2) is 0 Å². The summed E-state index contributed by atoms with van der Waals surface area (Å²) >= 11 is 40.8. The molecule has 0 aliphatic rings. The molecule has 152 valence electrons. The Morgan fingerprint density at radius 3 is 1.10 bits per heavy atom. The highest BCUT2D eigenvalue weighted by molar-refractivity contribution is 9.16. The molecule has 0 aromatic heterocycles. The van der Waals surface area contributed by atoms with Gasteiger partial charge in [0, 0.05) is 65.9 Å². The minimum absolute atomic E-state index is 0.917. The highest BCUT2D eigenvalue weighted by atomic mass is 79.9. The minimum Gasteiger partial charge on any atom is -0.0605 e. The summed E-state index contributed by atoms with van der Waals surface area (Å²) in [7, 11) is 0.